The first kappa shape index (κ1) is 25.8. The van der Waals surface area contributed by atoms with E-state index in [9.17, 15) is 22.8 Å². The van der Waals surface area contributed by atoms with E-state index in [1.165, 1.54) is 18.6 Å². The van der Waals surface area contributed by atoms with Crippen molar-refractivity contribution in [3.63, 3.8) is 0 Å². The van der Waals surface area contributed by atoms with E-state index in [-0.39, 0.29) is 24.0 Å². The topological polar surface area (TPSA) is 102 Å². The van der Waals surface area contributed by atoms with Crippen LogP contribution in [0.4, 0.5) is 19.0 Å². The van der Waals surface area contributed by atoms with Crippen molar-refractivity contribution in [1.29, 1.82) is 0 Å². The Bertz CT molecular complexity index is 1390. The zero-order chi connectivity index (χ0) is 26.6. The van der Waals surface area contributed by atoms with Gasteiger partial charge in [-0.05, 0) is 61.0 Å². The normalized spacial score (nSPS) is 12.1. The van der Waals surface area contributed by atoms with Crippen LogP contribution in [0.15, 0.2) is 73.2 Å². The summed E-state index contributed by atoms with van der Waals surface area (Å²) < 4.78 is 40.9. The highest BCUT2D eigenvalue weighted by Crippen LogP contribution is 2.29. The molecule has 1 unspecified atom stereocenters. The molecule has 0 fully saturated rings. The van der Waals surface area contributed by atoms with E-state index in [4.69, 9.17) is 11.6 Å². The van der Waals surface area contributed by atoms with E-state index in [2.05, 4.69) is 25.7 Å². The first-order chi connectivity index (χ1) is 17.6. The van der Waals surface area contributed by atoms with Crippen LogP contribution in [0, 0.1) is 0 Å². The summed E-state index contributed by atoms with van der Waals surface area (Å²) in [6.07, 6.45) is -0.331. The molecule has 37 heavy (non-hydrogen) atoms. The number of anilines is 1. The molecule has 0 radical (unpaired) electrons. The van der Waals surface area contributed by atoms with Gasteiger partial charge in [0.1, 0.15) is 5.82 Å². The van der Waals surface area contributed by atoms with Gasteiger partial charge in [-0.1, -0.05) is 17.7 Å². The number of nitrogens with one attached hydrogen (secondary N) is 2. The lowest BCUT2D eigenvalue weighted by Crippen LogP contribution is -2.28. The van der Waals surface area contributed by atoms with Gasteiger partial charge in [-0.15, -0.1) is 0 Å². The third kappa shape index (κ3) is 6.31. The van der Waals surface area contributed by atoms with Gasteiger partial charge in [-0.2, -0.15) is 18.3 Å². The van der Waals surface area contributed by atoms with Crippen molar-refractivity contribution in [3.05, 3.63) is 101 Å². The van der Waals surface area contributed by atoms with E-state index in [0.717, 1.165) is 10.7 Å². The Morgan fingerprint density at radius 1 is 1.08 bits per heavy atom. The van der Waals surface area contributed by atoms with Crippen molar-refractivity contribution < 1.29 is 22.8 Å². The Balaban J connectivity index is 1.41. The molecule has 0 aliphatic rings. The summed E-state index contributed by atoms with van der Waals surface area (Å²) >= 11 is 5.83. The summed E-state index contributed by atoms with van der Waals surface area (Å²) in [4.78, 5) is 33.2. The van der Waals surface area contributed by atoms with Crippen LogP contribution in [0.2, 0.25) is 5.02 Å². The molecule has 0 aliphatic heterocycles. The number of pyridine rings is 2. The summed E-state index contributed by atoms with van der Waals surface area (Å²) in [5.74, 6) is -1.17. The zero-order valence-electron chi connectivity index (χ0n) is 19.3. The number of alkyl halides is 3. The Morgan fingerprint density at radius 3 is 2.46 bits per heavy atom. The molecular formula is C25H20ClF3N6O2. The number of nitrogens with zero attached hydrogens (tertiary/aromatic N) is 4. The molecule has 0 saturated carbocycles. The number of carbonyl (C=O) groups excluding carboxylic acids is 2. The largest absolute Gasteiger partial charge is 0.435 e. The number of aromatic nitrogens is 4. The highest BCUT2D eigenvalue weighted by molar-refractivity contribution is 6.30. The van der Waals surface area contributed by atoms with E-state index < -0.39 is 23.7 Å². The van der Waals surface area contributed by atoms with Crippen LogP contribution in [0.5, 0.6) is 0 Å². The lowest BCUT2D eigenvalue weighted by Gasteiger charge is -2.14. The molecule has 1 atom stereocenters. The fraction of sp³-hybridized carbons (Fsp3) is 0.160. The third-order valence-corrected chi connectivity index (χ3v) is 5.69. The fourth-order valence-corrected chi connectivity index (χ4v) is 3.52. The number of hydrogen-bond donors (Lipinski definition) is 2. The van der Waals surface area contributed by atoms with Gasteiger partial charge in [0.25, 0.3) is 5.91 Å². The summed E-state index contributed by atoms with van der Waals surface area (Å²) in [5, 5.41) is 9.45. The van der Waals surface area contributed by atoms with Gasteiger partial charge in [0.05, 0.1) is 30.0 Å². The maximum absolute atomic E-state index is 13.3. The van der Waals surface area contributed by atoms with Crippen molar-refractivity contribution in [2.24, 2.45) is 0 Å². The van der Waals surface area contributed by atoms with Crippen LogP contribution in [0.1, 0.15) is 40.2 Å². The first-order valence-corrected chi connectivity index (χ1v) is 11.4. The number of amides is 2. The molecule has 3 aromatic heterocycles. The second kappa shape index (κ2) is 10.8. The average molecular weight is 529 g/mol. The predicted octanol–water partition coefficient (Wildman–Crippen LogP) is 5.01. The molecule has 4 rings (SSSR count). The zero-order valence-corrected chi connectivity index (χ0v) is 20.1. The maximum atomic E-state index is 13.3. The first-order valence-electron chi connectivity index (χ1n) is 11.0. The molecule has 2 amide bonds. The van der Waals surface area contributed by atoms with Crippen molar-refractivity contribution in [3.8, 4) is 5.69 Å². The van der Waals surface area contributed by atoms with Gasteiger partial charge < -0.3 is 10.6 Å². The van der Waals surface area contributed by atoms with Crippen molar-refractivity contribution in [2.45, 2.75) is 25.6 Å². The minimum atomic E-state index is -4.64. The standard InChI is InChI=1S/C25H20ClF3N6O2/c1-15(17-6-9-22(31-12-17)33-24(37)16-4-7-18(26)8-5-16)23(36)32-14-20-11-21(25(27,28)29)34-35(20)19-3-2-10-30-13-19/h2-13,15H,14H2,1H3,(H,32,36)(H,31,33,37). The number of carbonyl (C=O) groups is 2. The van der Waals surface area contributed by atoms with Crippen LogP contribution in [-0.4, -0.2) is 31.6 Å². The maximum Gasteiger partial charge on any atom is 0.435 e. The van der Waals surface area contributed by atoms with Crippen molar-refractivity contribution in [2.75, 3.05) is 5.32 Å². The molecule has 8 nitrogen and oxygen atoms in total. The Hall–Kier alpha value is -4.25. The molecule has 2 N–H and O–H groups in total. The lowest BCUT2D eigenvalue weighted by molar-refractivity contribution is -0.141. The number of hydrogen-bond acceptors (Lipinski definition) is 5. The number of rotatable bonds is 7. The second-order valence-corrected chi connectivity index (χ2v) is 8.46. The highest BCUT2D eigenvalue weighted by Gasteiger charge is 2.35. The number of halogens is 4. The molecule has 0 aliphatic carbocycles. The van der Waals surface area contributed by atoms with E-state index in [1.54, 1.807) is 55.5 Å². The monoisotopic (exact) mass is 528 g/mol. The van der Waals surface area contributed by atoms with Gasteiger partial charge in [0.15, 0.2) is 5.69 Å². The molecule has 0 saturated heterocycles. The Labute approximate surface area is 214 Å². The van der Waals surface area contributed by atoms with Crippen LogP contribution in [0.25, 0.3) is 5.69 Å². The van der Waals surface area contributed by atoms with Gasteiger partial charge >= 0.3 is 6.18 Å². The minimum Gasteiger partial charge on any atom is -0.350 e. The van der Waals surface area contributed by atoms with E-state index in [0.29, 0.717) is 21.8 Å². The quantitative estimate of drug-likeness (QED) is 0.351. The van der Waals surface area contributed by atoms with Crippen molar-refractivity contribution in [1.82, 2.24) is 25.1 Å². The van der Waals surface area contributed by atoms with Crippen LogP contribution >= 0.6 is 11.6 Å². The summed E-state index contributed by atoms with van der Waals surface area (Å²) in [6.45, 7) is 1.45. The molecular weight excluding hydrogens is 509 g/mol. The lowest BCUT2D eigenvalue weighted by atomic mass is 10.0. The smallest absolute Gasteiger partial charge is 0.350 e. The molecule has 4 aromatic rings. The SMILES string of the molecule is CC(C(=O)NCc1cc(C(F)(F)F)nn1-c1cccnc1)c1ccc(NC(=O)c2ccc(Cl)cc2)nc1. The van der Waals surface area contributed by atoms with Gasteiger partial charge in [-0.25, -0.2) is 9.67 Å². The van der Waals surface area contributed by atoms with E-state index >= 15 is 0 Å². The van der Waals surface area contributed by atoms with E-state index in [1.807, 2.05) is 0 Å². The average Bonchev–Trinajstić information content (AvgIpc) is 3.33. The molecule has 0 spiro atoms. The second-order valence-electron chi connectivity index (χ2n) is 8.02. The fourth-order valence-electron chi connectivity index (χ4n) is 3.39. The molecule has 12 heteroatoms. The van der Waals surface area contributed by atoms with Gasteiger partial charge in [0, 0.05) is 23.0 Å². The molecule has 3 heterocycles. The predicted molar refractivity (Wildman–Crippen MR) is 130 cm³/mol. The Morgan fingerprint density at radius 2 is 1.84 bits per heavy atom. The summed E-state index contributed by atoms with van der Waals surface area (Å²) in [7, 11) is 0. The van der Waals surface area contributed by atoms with Crippen LogP contribution < -0.4 is 10.6 Å². The Kier molecular flexibility index (Phi) is 7.53. The minimum absolute atomic E-state index is 0.138. The third-order valence-electron chi connectivity index (χ3n) is 5.44. The van der Waals surface area contributed by atoms with Gasteiger partial charge in [0.2, 0.25) is 5.91 Å². The summed E-state index contributed by atoms with van der Waals surface area (Å²) in [5.41, 5.74) is 0.352. The molecule has 0 bridgehead atoms. The molecule has 1 aromatic carbocycles. The summed E-state index contributed by atoms with van der Waals surface area (Å²) in [6, 6.07) is 13.6. The van der Waals surface area contributed by atoms with Crippen LogP contribution in [-0.2, 0) is 17.5 Å². The number of benzene rings is 1. The highest BCUT2D eigenvalue weighted by atomic mass is 35.5. The molecule has 190 valence electrons. The van der Waals surface area contributed by atoms with Gasteiger partial charge in [-0.3, -0.25) is 14.6 Å². The van der Waals surface area contributed by atoms with Crippen molar-refractivity contribution >= 4 is 29.2 Å². The van der Waals surface area contributed by atoms with Crippen LogP contribution in [0.3, 0.4) is 0 Å².